The zero-order valence-corrected chi connectivity index (χ0v) is 11.6. The SMILES string of the molecule is CCC(CNC(=O)c1ccc(C(C)C)cc1)C(=O)O. The number of benzene rings is 1. The van der Waals surface area contributed by atoms with Crippen LogP contribution in [0.3, 0.4) is 0 Å². The Morgan fingerprint density at radius 2 is 1.79 bits per heavy atom. The molecule has 1 unspecified atom stereocenters. The molecule has 0 spiro atoms. The van der Waals surface area contributed by atoms with Gasteiger partial charge in [0.05, 0.1) is 5.92 Å². The number of hydrogen-bond acceptors (Lipinski definition) is 2. The summed E-state index contributed by atoms with van der Waals surface area (Å²) in [6.07, 6.45) is 0.502. The average Bonchev–Trinajstić information content (AvgIpc) is 2.38. The third-order valence-electron chi connectivity index (χ3n) is 3.19. The van der Waals surface area contributed by atoms with E-state index in [-0.39, 0.29) is 12.5 Å². The molecule has 0 aliphatic rings. The molecule has 0 aliphatic carbocycles. The molecular formula is C15H21NO3. The Kier molecular flexibility index (Phi) is 5.55. The standard InChI is InChI=1S/C15H21NO3/c1-4-11(15(18)19)9-16-14(17)13-7-5-12(6-8-13)10(2)3/h5-8,10-11H,4,9H2,1-3H3,(H,16,17)(H,18,19). The van der Waals surface area contributed by atoms with E-state index in [1.807, 2.05) is 12.1 Å². The van der Waals surface area contributed by atoms with E-state index in [1.54, 1.807) is 19.1 Å². The molecule has 0 fully saturated rings. The van der Waals surface area contributed by atoms with Crippen LogP contribution in [0.1, 0.15) is 49.0 Å². The molecule has 1 atom stereocenters. The monoisotopic (exact) mass is 263 g/mol. The van der Waals surface area contributed by atoms with Gasteiger partial charge in [-0.05, 0) is 30.0 Å². The molecule has 0 heterocycles. The zero-order valence-electron chi connectivity index (χ0n) is 11.6. The molecule has 0 radical (unpaired) electrons. The Bertz CT molecular complexity index is 437. The number of amides is 1. The predicted octanol–water partition coefficient (Wildman–Crippen LogP) is 2.65. The van der Waals surface area contributed by atoms with E-state index in [1.165, 1.54) is 5.56 Å². The first-order chi connectivity index (χ1) is 8.95. The Labute approximate surface area is 113 Å². The van der Waals surface area contributed by atoms with Gasteiger partial charge in [0.2, 0.25) is 0 Å². The van der Waals surface area contributed by atoms with Crippen molar-refractivity contribution in [2.45, 2.75) is 33.1 Å². The van der Waals surface area contributed by atoms with Crippen molar-refractivity contribution in [3.8, 4) is 0 Å². The van der Waals surface area contributed by atoms with Gasteiger partial charge in [-0.2, -0.15) is 0 Å². The molecule has 4 heteroatoms. The summed E-state index contributed by atoms with van der Waals surface area (Å²) in [7, 11) is 0. The lowest BCUT2D eigenvalue weighted by molar-refractivity contribution is -0.141. The van der Waals surface area contributed by atoms with Gasteiger partial charge in [-0.25, -0.2) is 0 Å². The van der Waals surface area contributed by atoms with Crippen LogP contribution >= 0.6 is 0 Å². The largest absolute Gasteiger partial charge is 0.481 e. The maximum absolute atomic E-state index is 11.9. The summed E-state index contributed by atoms with van der Waals surface area (Å²) in [4.78, 5) is 22.7. The molecule has 1 aromatic carbocycles. The zero-order chi connectivity index (χ0) is 14.4. The second kappa shape index (κ2) is 6.92. The lowest BCUT2D eigenvalue weighted by Gasteiger charge is -2.11. The van der Waals surface area contributed by atoms with Gasteiger partial charge in [-0.1, -0.05) is 32.9 Å². The third-order valence-corrected chi connectivity index (χ3v) is 3.19. The molecule has 0 saturated carbocycles. The number of nitrogens with one attached hydrogen (secondary N) is 1. The first-order valence-corrected chi connectivity index (χ1v) is 6.56. The molecule has 104 valence electrons. The van der Waals surface area contributed by atoms with Gasteiger partial charge in [-0.15, -0.1) is 0 Å². The Hall–Kier alpha value is -1.84. The van der Waals surface area contributed by atoms with Crippen molar-refractivity contribution < 1.29 is 14.7 Å². The number of carbonyl (C=O) groups is 2. The fourth-order valence-corrected chi connectivity index (χ4v) is 1.74. The van der Waals surface area contributed by atoms with Crippen LogP contribution in [0.15, 0.2) is 24.3 Å². The summed E-state index contributed by atoms with van der Waals surface area (Å²) in [6.45, 7) is 6.14. The van der Waals surface area contributed by atoms with Crippen LogP contribution in [0.4, 0.5) is 0 Å². The average molecular weight is 263 g/mol. The van der Waals surface area contributed by atoms with Crippen molar-refractivity contribution in [2.24, 2.45) is 5.92 Å². The van der Waals surface area contributed by atoms with Gasteiger partial charge in [0.1, 0.15) is 0 Å². The molecule has 1 amide bonds. The minimum Gasteiger partial charge on any atom is -0.481 e. The highest BCUT2D eigenvalue weighted by molar-refractivity contribution is 5.94. The number of aliphatic carboxylic acids is 1. The van der Waals surface area contributed by atoms with Crippen molar-refractivity contribution in [3.63, 3.8) is 0 Å². The fourth-order valence-electron chi connectivity index (χ4n) is 1.74. The summed E-state index contributed by atoms with van der Waals surface area (Å²) >= 11 is 0. The van der Waals surface area contributed by atoms with Crippen LogP contribution < -0.4 is 5.32 Å². The minimum atomic E-state index is -0.877. The number of carboxylic acids is 1. The van der Waals surface area contributed by atoms with Crippen LogP contribution in [0.5, 0.6) is 0 Å². The van der Waals surface area contributed by atoms with Gasteiger partial charge in [0.25, 0.3) is 5.91 Å². The normalized spacial score (nSPS) is 12.2. The van der Waals surface area contributed by atoms with E-state index in [4.69, 9.17) is 5.11 Å². The van der Waals surface area contributed by atoms with Crippen molar-refractivity contribution >= 4 is 11.9 Å². The number of rotatable bonds is 6. The highest BCUT2D eigenvalue weighted by Gasteiger charge is 2.16. The maximum Gasteiger partial charge on any atom is 0.308 e. The summed E-state index contributed by atoms with van der Waals surface area (Å²) in [5, 5.41) is 11.6. The van der Waals surface area contributed by atoms with Crippen molar-refractivity contribution in [2.75, 3.05) is 6.54 Å². The molecule has 0 bridgehead atoms. The lowest BCUT2D eigenvalue weighted by Crippen LogP contribution is -2.32. The number of hydrogen-bond donors (Lipinski definition) is 2. The highest BCUT2D eigenvalue weighted by Crippen LogP contribution is 2.14. The van der Waals surface area contributed by atoms with Crippen LogP contribution in [-0.4, -0.2) is 23.5 Å². The summed E-state index contributed by atoms with van der Waals surface area (Å²) in [5.74, 6) is -1.21. The first-order valence-electron chi connectivity index (χ1n) is 6.56. The molecule has 19 heavy (non-hydrogen) atoms. The van der Waals surface area contributed by atoms with Crippen molar-refractivity contribution in [1.29, 1.82) is 0 Å². The van der Waals surface area contributed by atoms with Crippen molar-refractivity contribution in [3.05, 3.63) is 35.4 Å². The first kappa shape index (κ1) is 15.2. The summed E-state index contributed by atoms with van der Waals surface area (Å²) in [5.41, 5.74) is 1.73. The second-order valence-corrected chi connectivity index (χ2v) is 4.93. The van der Waals surface area contributed by atoms with Crippen molar-refractivity contribution in [1.82, 2.24) is 5.32 Å². The third kappa shape index (κ3) is 4.39. The Morgan fingerprint density at radius 1 is 1.21 bits per heavy atom. The molecule has 0 aliphatic heterocycles. The van der Waals surface area contributed by atoms with E-state index in [0.29, 0.717) is 17.9 Å². The van der Waals surface area contributed by atoms with Gasteiger partial charge in [0, 0.05) is 12.1 Å². The molecule has 0 saturated heterocycles. The molecule has 1 rings (SSSR count). The molecule has 2 N–H and O–H groups in total. The minimum absolute atomic E-state index is 0.163. The second-order valence-electron chi connectivity index (χ2n) is 4.93. The summed E-state index contributed by atoms with van der Waals surface area (Å²) in [6, 6.07) is 7.39. The fraction of sp³-hybridized carbons (Fsp3) is 0.467. The van der Waals surface area contributed by atoms with E-state index in [2.05, 4.69) is 19.2 Å². The van der Waals surface area contributed by atoms with Gasteiger partial charge >= 0.3 is 5.97 Å². The predicted molar refractivity (Wildman–Crippen MR) is 74.3 cm³/mol. The number of carbonyl (C=O) groups excluding carboxylic acids is 1. The van der Waals surface area contributed by atoms with Gasteiger partial charge < -0.3 is 10.4 Å². The van der Waals surface area contributed by atoms with Gasteiger partial charge in [-0.3, -0.25) is 9.59 Å². The highest BCUT2D eigenvalue weighted by atomic mass is 16.4. The van der Waals surface area contributed by atoms with Crippen LogP contribution in [0.2, 0.25) is 0 Å². The molecule has 0 aromatic heterocycles. The summed E-state index contributed by atoms with van der Waals surface area (Å²) < 4.78 is 0. The molecule has 1 aromatic rings. The maximum atomic E-state index is 11.9. The van der Waals surface area contributed by atoms with E-state index >= 15 is 0 Å². The topological polar surface area (TPSA) is 66.4 Å². The van der Waals surface area contributed by atoms with E-state index in [0.717, 1.165) is 0 Å². The smallest absolute Gasteiger partial charge is 0.308 e. The van der Waals surface area contributed by atoms with Crippen LogP contribution in [-0.2, 0) is 4.79 Å². The molecule has 4 nitrogen and oxygen atoms in total. The van der Waals surface area contributed by atoms with Crippen LogP contribution in [0.25, 0.3) is 0 Å². The lowest BCUT2D eigenvalue weighted by atomic mass is 10.0. The molecular weight excluding hydrogens is 242 g/mol. The Balaban J connectivity index is 2.61. The quantitative estimate of drug-likeness (QED) is 0.829. The van der Waals surface area contributed by atoms with Crippen LogP contribution in [0, 0.1) is 5.92 Å². The van der Waals surface area contributed by atoms with E-state index < -0.39 is 11.9 Å². The van der Waals surface area contributed by atoms with Gasteiger partial charge in [0.15, 0.2) is 0 Å². The van der Waals surface area contributed by atoms with E-state index in [9.17, 15) is 9.59 Å². The number of carboxylic acid groups (broad SMARTS) is 1. The Morgan fingerprint density at radius 3 is 2.21 bits per heavy atom.